The van der Waals surface area contributed by atoms with Crippen LogP contribution in [-0.2, 0) is 40.4 Å². The predicted octanol–water partition coefficient (Wildman–Crippen LogP) is 2.22. The van der Waals surface area contributed by atoms with Crippen molar-refractivity contribution in [3.8, 4) is 5.75 Å². The van der Waals surface area contributed by atoms with Gasteiger partial charge in [-0.25, -0.2) is 8.42 Å². The first-order valence-electron chi connectivity index (χ1n) is 21.2. The lowest BCUT2D eigenvalue weighted by Crippen LogP contribution is -2.59. The predicted molar refractivity (Wildman–Crippen MR) is 249 cm³/mol. The van der Waals surface area contributed by atoms with E-state index in [9.17, 15) is 37.5 Å². The number of nitrogens with one attached hydrogen (secondary N) is 6. The van der Waals surface area contributed by atoms with Gasteiger partial charge in [0.2, 0.25) is 39.6 Å². The number of azo groups is 1. The molecule has 21 heteroatoms. The second kappa shape index (κ2) is 25.0. The van der Waals surface area contributed by atoms with Crippen LogP contribution in [0.1, 0.15) is 59.4 Å². The molecule has 354 valence electrons. The summed E-state index contributed by atoms with van der Waals surface area (Å²) in [5, 5.41) is 31.4. The van der Waals surface area contributed by atoms with Crippen LogP contribution < -0.4 is 47.7 Å². The van der Waals surface area contributed by atoms with Crippen LogP contribution in [0.15, 0.2) is 92.9 Å². The van der Waals surface area contributed by atoms with Crippen LogP contribution in [0.25, 0.3) is 0 Å². The van der Waals surface area contributed by atoms with Crippen molar-refractivity contribution in [3.05, 3.63) is 78.4 Å². The second-order valence-electron chi connectivity index (χ2n) is 16.4. The molecule has 11 N–H and O–H groups in total. The summed E-state index contributed by atoms with van der Waals surface area (Å²) in [6.45, 7) is 8.74. The van der Waals surface area contributed by atoms with Crippen LogP contribution in [0.2, 0.25) is 0 Å². The summed E-state index contributed by atoms with van der Waals surface area (Å²) in [4.78, 5) is 73.1. The lowest BCUT2D eigenvalue weighted by molar-refractivity contribution is -0.135. The van der Waals surface area contributed by atoms with E-state index < -0.39 is 69.8 Å². The molecule has 0 spiro atoms. The molecule has 5 amide bonds. The third-order valence-electron chi connectivity index (χ3n) is 9.95. The Hall–Kier alpha value is -6.61. The van der Waals surface area contributed by atoms with Gasteiger partial charge >= 0.3 is 0 Å². The van der Waals surface area contributed by atoms with Crippen molar-refractivity contribution in [2.75, 3.05) is 32.6 Å². The molecule has 0 radical (unpaired) electrons. The number of anilines is 1. The fourth-order valence-corrected chi connectivity index (χ4v) is 7.50. The zero-order chi connectivity index (χ0) is 48.4. The molecule has 0 heterocycles. The Morgan fingerprint density at radius 1 is 0.692 bits per heavy atom. The van der Waals surface area contributed by atoms with Gasteiger partial charge in [0.05, 0.1) is 16.3 Å². The maximum Gasteiger partial charge on any atom is 0.243 e. The number of phenols is 1. The molecule has 0 unspecified atom stereocenters. The molecule has 0 fully saturated rings. The molecule has 5 atom stereocenters. The normalized spacial score (nSPS) is 13.8. The molecule has 3 rings (SSSR count). The Kier molecular flexibility index (Phi) is 20.3. The average molecular weight is 921 g/mol. The maximum atomic E-state index is 14.1. The van der Waals surface area contributed by atoms with E-state index in [0.717, 1.165) is 5.69 Å². The fourth-order valence-electron chi connectivity index (χ4n) is 6.30. The van der Waals surface area contributed by atoms with Crippen LogP contribution in [0, 0.1) is 11.8 Å². The van der Waals surface area contributed by atoms with E-state index >= 15 is 0 Å². The van der Waals surface area contributed by atoms with Crippen LogP contribution in [0.4, 0.5) is 17.1 Å². The molecule has 0 saturated heterocycles. The van der Waals surface area contributed by atoms with Gasteiger partial charge in [-0.3, -0.25) is 29.0 Å². The summed E-state index contributed by atoms with van der Waals surface area (Å²) < 4.78 is 30.1. The van der Waals surface area contributed by atoms with Crippen molar-refractivity contribution in [1.82, 2.24) is 31.3 Å². The number of carbonyl (C=O) groups is 5. The molecule has 0 aliphatic rings. The number of likely N-dealkylation sites (N-methyl/N-ethyl adjacent to an activating group) is 1. The summed E-state index contributed by atoms with van der Waals surface area (Å²) >= 11 is 0. The Morgan fingerprint density at radius 3 is 1.75 bits per heavy atom. The van der Waals surface area contributed by atoms with Gasteiger partial charge in [-0.05, 0) is 111 Å². The van der Waals surface area contributed by atoms with E-state index in [1.165, 1.54) is 62.5 Å². The number of sulfonamides is 1. The van der Waals surface area contributed by atoms with Crippen molar-refractivity contribution >= 4 is 62.6 Å². The van der Waals surface area contributed by atoms with Gasteiger partial charge < -0.3 is 48.1 Å². The van der Waals surface area contributed by atoms with Gasteiger partial charge in [0.1, 0.15) is 36.0 Å². The van der Waals surface area contributed by atoms with Gasteiger partial charge in [-0.15, -0.1) is 0 Å². The minimum Gasteiger partial charge on any atom is -0.508 e. The molecule has 3 aromatic rings. The third-order valence-corrected chi connectivity index (χ3v) is 11.4. The maximum absolute atomic E-state index is 14.1. The standard InChI is InChI=1S/C44H64N12O8S/c1-26(2)24-36(41(60)52-38(27(3)4)43(62)47-6)51-39(58)28(5)49-40(59)35(10-9-23-48-44(45)46)50-42(61)37(25-29-11-19-33(57)20-12-29)55-65(63,64)34-21-15-31(16-22-34)54-53-30-13-17-32(18-14-30)56(7)8/h11-22,26-28,35-38,55,57H,9-10,23-25H2,1-8H3,(H,47,62)(H,49,59)(H,50,61)(H,51,58)(H,52,60)(H4,45,46,48)/t28-,35-,36-,37-,38-/m0/s1. The van der Waals surface area contributed by atoms with Crippen LogP contribution >= 0.6 is 0 Å². The summed E-state index contributed by atoms with van der Waals surface area (Å²) in [6.07, 6.45) is 0.184. The molecule has 0 bridgehead atoms. The second-order valence-corrected chi connectivity index (χ2v) is 18.1. The van der Waals surface area contributed by atoms with Gasteiger partial charge in [0, 0.05) is 33.4 Å². The minimum absolute atomic E-state index is 0.0361. The van der Waals surface area contributed by atoms with E-state index in [2.05, 4.69) is 46.5 Å². The van der Waals surface area contributed by atoms with E-state index in [1.807, 2.05) is 45.0 Å². The molecule has 3 aromatic carbocycles. The van der Waals surface area contributed by atoms with Crippen molar-refractivity contribution in [2.45, 2.75) is 95.4 Å². The fraction of sp³-hybridized carbons (Fsp3) is 0.455. The van der Waals surface area contributed by atoms with Gasteiger partial charge in [-0.1, -0.05) is 39.8 Å². The molecule has 20 nitrogen and oxygen atoms in total. The highest BCUT2D eigenvalue weighted by atomic mass is 32.2. The highest BCUT2D eigenvalue weighted by molar-refractivity contribution is 7.89. The number of aromatic hydroxyl groups is 1. The molecular formula is C44H64N12O8S. The summed E-state index contributed by atoms with van der Waals surface area (Å²) in [5.74, 6) is -3.90. The van der Waals surface area contributed by atoms with Crippen molar-refractivity contribution in [1.29, 1.82) is 0 Å². The highest BCUT2D eigenvalue weighted by Crippen LogP contribution is 2.23. The number of hydrogen-bond acceptors (Lipinski definition) is 12. The number of aliphatic imine (C=N–C) groups is 1. The Balaban J connectivity index is 1.85. The number of nitrogens with two attached hydrogens (primary N) is 2. The Labute approximate surface area is 380 Å². The number of rotatable bonds is 24. The SMILES string of the molecule is CNC(=O)[C@@H](NC(=O)[C@H](CC(C)C)NC(=O)[C@H](C)NC(=O)[C@H](CCCN=C(N)N)NC(=O)[C@H](Cc1ccc(O)cc1)NS(=O)(=O)c1ccc(N=Nc2ccc(N(C)C)cc2)cc1)C(C)C. The topological polar surface area (TPSA) is 304 Å². The first-order chi connectivity index (χ1) is 30.6. The number of hydrogen-bond donors (Lipinski definition) is 9. The molecule has 0 saturated carbocycles. The number of carbonyl (C=O) groups excluding carboxylic acids is 5. The first-order valence-corrected chi connectivity index (χ1v) is 22.7. The Morgan fingerprint density at radius 2 is 1.23 bits per heavy atom. The third kappa shape index (κ3) is 17.5. The number of amides is 5. The van der Waals surface area contributed by atoms with Gasteiger partial charge in [0.25, 0.3) is 0 Å². The zero-order valence-corrected chi connectivity index (χ0v) is 39.0. The number of nitrogens with zero attached hydrogens (tertiary/aromatic N) is 4. The quantitative estimate of drug-likeness (QED) is 0.0272. The van der Waals surface area contributed by atoms with Crippen molar-refractivity contribution < 1.29 is 37.5 Å². The number of guanidine groups is 1. The monoisotopic (exact) mass is 920 g/mol. The smallest absolute Gasteiger partial charge is 0.243 e. The molecule has 0 aliphatic carbocycles. The van der Waals surface area contributed by atoms with Crippen LogP contribution in [0.5, 0.6) is 5.75 Å². The van der Waals surface area contributed by atoms with Gasteiger partial charge in [-0.2, -0.15) is 15.0 Å². The lowest BCUT2D eigenvalue weighted by Gasteiger charge is -2.27. The van der Waals surface area contributed by atoms with E-state index in [0.29, 0.717) is 16.9 Å². The molecule has 65 heavy (non-hydrogen) atoms. The largest absolute Gasteiger partial charge is 0.508 e. The Bertz CT molecular complexity index is 2230. The van der Waals surface area contributed by atoms with E-state index in [1.54, 1.807) is 26.0 Å². The van der Waals surface area contributed by atoms with Crippen LogP contribution in [-0.4, -0.2) is 107 Å². The molecule has 0 aliphatic heterocycles. The summed E-state index contributed by atoms with van der Waals surface area (Å²) in [5.41, 5.74) is 13.4. The highest BCUT2D eigenvalue weighted by Gasteiger charge is 2.33. The van der Waals surface area contributed by atoms with Crippen LogP contribution in [0.3, 0.4) is 0 Å². The summed E-state index contributed by atoms with van der Waals surface area (Å²) in [6, 6.07) is 12.8. The minimum atomic E-state index is -4.38. The van der Waals surface area contributed by atoms with Crippen molar-refractivity contribution in [3.63, 3.8) is 0 Å². The summed E-state index contributed by atoms with van der Waals surface area (Å²) in [7, 11) is 0.904. The van der Waals surface area contributed by atoms with E-state index in [-0.39, 0.29) is 60.7 Å². The number of phenolic OH excluding ortho intramolecular Hbond substituents is 1. The lowest BCUT2D eigenvalue weighted by atomic mass is 9.99. The first kappa shape index (κ1) is 52.7. The number of benzene rings is 3. The average Bonchev–Trinajstić information content (AvgIpc) is 3.25. The van der Waals surface area contributed by atoms with Gasteiger partial charge in [0.15, 0.2) is 5.96 Å². The van der Waals surface area contributed by atoms with E-state index in [4.69, 9.17) is 11.5 Å². The molecular weight excluding hydrogens is 857 g/mol. The zero-order valence-electron chi connectivity index (χ0n) is 38.2. The molecule has 0 aromatic heterocycles. The van der Waals surface area contributed by atoms with Crippen molar-refractivity contribution in [2.24, 2.45) is 38.5 Å².